The van der Waals surface area contributed by atoms with E-state index in [4.69, 9.17) is 0 Å². The van der Waals surface area contributed by atoms with E-state index in [1.165, 1.54) is 18.3 Å². The predicted octanol–water partition coefficient (Wildman–Crippen LogP) is 2.52. The molecule has 2 heterocycles. The summed E-state index contributed by atoms with van der Waals surface area (Å²) in [6.45, 7) is 5.55. The minimum Gasteiger partial charge on any atom is -0.340 e. The molecule has 1 aromatic carbocycles. The van der Waals surface area contributed by atoms with Gasteiger partial charge in [0.15, 0.2) is 0 Å². The van der Waals surface area contributed by atoms with Crippen LogP contribution in [0.1, 0.15) is 13.8 Å². The molecule has 1 N–H and O–H groups in total. The quantitative estimate of drug-likeness (QED) is 0.874. The van der Waals surface area contributed by atoms with Crippen LogP contribution in [0.25, 0.3) is 11.1 Å². The van der Waals surface area contributed by atoms with Crippen molar-refractivity contribution in [3.63, 3.8) is 0 Å². The van der Waals surface area contributed by atoms with Crippen LogP contribution in [0.2, 0.25) is 0 Å². The molecular formula is C20H22F2N4O2. The molecule has 3 rings (SSSR count). The lowest BCUT2D eigenvalue weighted by Crippen LogP contribution is -2.54. The van der Waals surface area contributed by atoms with Crippen molar-refractivity contribution in [2.75, 3.05) is 31.5 Å². The summed E-state index contributed by atoms with van der Waals surface area (Å²) in [6.07, 6.45) is 1.46. The molecule has 0 radical (unpaired) electrons. The first-order chi connectivity index (χ1) is 13.3. The van der Waals surface area contributed by atoms with Crippen LogP contribution in [0, 0.1) is 11.6 Å². The molecule has 1 saturated heterocycles. The van der Waals surface area contributed by atoms with Crippen molar-refractivity contribution in [3.8, 4) is 11.1 Å². The zero-order valence-corrected chi connectivity index (χ0v) is 15.8. The average Bonchev–Trinajstić information content (AvgIpc) is 2.63. The van der Waals surface area contributed by atoms with Crippen molar-refractivity contribution >= 4 is 17.6 Å². The second-order valence-corrected chi connectivity index (χ2v) is 6.92. The number of carbonyl (C=O) groups is 2. The van der Waals surface area contributed by atoms with E-state index >= 15 is 0 Å². The van der Waals surface area contributed by atoms with Crippen LogP contribution in [0.4, 0.5) is 14.6 Å². The number of anilines is 1. The van der Waals surface area contributed by atoms with E-state index in [-0.39, 0.29) is 24.4 Å². The molecule has 0 unspecified atom stereocenters. The van der Waals surface area contributed by atoms with E-state index in [1.807, 2.05) is 11.8 Å². The highest BCUT2D eigenvalue weighted by Gasteiger charge is 2.26. The molecular weight excluding hydrogens is 366 g/mol. The number of pyridine rings is 1. The molecule has 1 aliphatic heterocycles. The Morgan fingerprint density at radius 2 is 1.86 bits per heavy atom. The third-order valence-electron chi connectivity index (χ3n) is 4.78. The minimum atomic E-state index is -0.661. The topological polar surface area (TPSA) is 65.5 Å². The molecule has 2 amide bonds. The summed E-state index contributed by atoms with van der Waals surface area (Å²) in [7, 11) is 0. The Hall–Kier alpha value is -2.87. The number of hydrogen-bond donors (Lipinski definition) is 1. The Balaban J connectivity index is 1.58. The Morgan fingerprint density at radius 3 is 2.43 bits per heavy atom. The number of benzene rings is 1. The van der Waals surface area contributed by atoms with E-state index in [2.05, 4.69) is 10.3 Å². The number of halogens is 2. The summed E-state index contributed by atoms with van der Waals surface area (Å²) in [5.41, 5.74) is 0.922. The van der Waals surface area contributed by atoms with E-state index in [1.54, 1.807) is 24.0 Å². The maximum Gasteiger partial charge on any atom is 0.239 e. The van der Waals surface area contributed by atoms with Crippen LogP contribution in [0.5, 0.6) is 0 Å². The van der Waals surface area contributed by atoms with Gasteiger partial charge in [0.05, 0.1) is 6.54 Å². The van der Waals surface area contributed by atoms with E-state index in [0.717, 1.165) is 6.07 Å². The summed E-state index contributed by atoms with van der Waals surface area (Å²) in [5.74, 6) is -1.13. The number of hydrogen-bond acceptors (Lipinski definition) is 4. The minimum absolute atomic E-state index is 0.0402. The summed E-state index contributed by atoms with van der Waals surface area (Å²) < 4.78 is 26.7. The first-order valence-electron chi connectivity index (χ1n) is 9.04. The molecule has 28 heavy (non-hydrogen) atoms. The van der Waals surface area contributed by atoms with Crippen molar-refractivity contribution in [1.82, 2.24) is 14.8 Å². The Bertz CT molecular complexity index is 853. The zero-order valence-electron chi connectivity index (χ0n) is 15.8. The van der Waals surface area contributed by atoms with Crippen molar-refractivity contribution in [2.45, 2.75) is 19.9 Å². The van der Waals surface area contributed by atoms with Crippen molar-refractivity contribution in [2.24, 2.45) is 0 Å². The smallest absolute Gasteiger partial charge is 0.239 e. The summed E-state index contributed by atoms with van der Waals surface area (Å²) >= 11 is 0. The maximum atomic E-state index is 13.3. The number of aromatic nitrogens is 1. The molecule has 0 saturated carbocycles. The fraction of sp³-hybridized carbons (Fsp3) is 0.350. The average molecular weight is 388 g/mol. The Labute approximate surface area is 162 Å². The van der Waals surface area contributed by atoms with Gasteiger partial charge in [0.25, 0.3) is 0 Å². The molecule has 148 valence electrons. The number of rotatable bonds is 4. The largest absolute Gasteiger partial charge is 0.340 e. The van der Waals surface area contributed by atoms with Gasteiger partial charge in [0.1, 0.15) is 17.5 Å². The normalized spacial score (nSPS) is 17.4. The fourth-order valence-corrected chi connectivity index (χ4v) is 3.24. The van der Waals surface area contributed by atoms with Crippen molar-refractivity contribution < 1.29 is 18.4 Å². The Morgan fingerprint density at radius 1 is 1.14 bits per heavy atom. The summed E-state index contributed by atoms with van der Waals surface area (Å²) in [4.78, 5) is 31.7. The summed E-state index contributed by atoms with van der Waals surface area (Å²) in [6, 6.07) is 6.57. The van der Waals surface area contributed by atoms with Crippen LogP contribution in [0.15, 0.2) is 36.5 Å². The first-order valence-corrected chi connectivity index (χ1v) is 9.04. The molecule has 0 spiro atoms. The van der Waals surface area contributed by atoms with Gasteiger partial charge in [-0.1, -0.05) is 0 Å². The van der Waals surface area contributed by atoms with Gasteiger partial charge in [-0.2, -0.15) is 0 Å². The van der Waals surface area contributed by atoms with E-state index < -0.39 is 11.6 Å². The van der Waals surface area contributed by atoms with Crippen LogP contribution < -0.4 is 5.32 Å². The van der Waals surface area contributed by atoms with Gasteiger partial charge in [-0.05, 0) is 36.8 Å². The summed E-state index contributed by atoms with van der Waals surface area (Å²) in [5, 5.41) is 2.72. The van der Waals surface area contributed by atoms with Crippen molar-refractivity contribution in [3.05, 3.63) is 48.2 Å². The fourth-order valence-electron chi connectivity index (χ4n) is 3.24. The van der Waals surface area contributed by atoms with E-state index in [9.17, 15) is 18.4 Å². The van der Waals surface area contributed by atoms with Gasteiger partial charge in [-0.3, -0.25) is 14.5 Å². The van der Waals surface area contributed by atoms with Crippen LogP contribution >= 0.6 is 0 Å². The number of amides is 2. The van der Waals surface area contributed by atoms with Crippen LogP contribution in [-0.2, 0) is 9.59 Å². The Kier molecular flexibility index (Phi) is 5.99. The second kappa shape index (κ2) is 8.43. The molecule has 8 heteroatoms. The SMILES string of the molecule is CC(=O)N1CCN(CC(=O)Nc2ccc(-c3cc(F)cc(F)c3)cn2)[C@H](C)C1. The number of piperazine rings is 1. The van der Waals surface area contributed by atoms with Gasteiger partial charge >= 0.3 is 0 Å². The standard InChI is InChI=1S/C20H22F2N4O2/c1-13-11-26(14(2)27)6-5-25(13)12-20(28)24-19-4-3-15(10-23-19)16-7-17(21)9-18(22)8-16/h3-4,7-10,13H,5-6,11-12H2,1-2H3,(H,23,24,28)/t13-/m1/s1. The van der Waals surface area contributed by atoms with Gasteiger partial charge in [-0.15, -0.1) is 0 Å². The molecule has 2 aromatic rings. The van der Waals surface area contributed by atoms with Crippen molar-refractivity contribution in [1.29, 1.82) is 0 Å². The molecule has 1 fully saturated rings. The molecule has 1 atom stereocenters. The first kappa shape index (κ1) is 19.9. The molecule has 6 nitrogen and oxygen atoms in total. The highest BCUT2D eigenvalue weighted by Crippen LogP contribution is 2.22. The number of nitrogens with one attached hydrogen (secondary N) is 1. The maximum absolute atomic E-state index is 13.3. The van der Waals surface area contributed by atoms with Crippen LogP contribution in [-0.4, -0.2) is 58.8 Å². The lowest BCUT2D eigenvalue weighted by Gasteiger charge is -2.39. The van der Waals surface area contributed by atoms with Gasteiger partial charge in [0, 0.05) is 50.4 Å². The van der Waals surface area contributed by atoms with Gasteiger partial charge in [0.2, 0.25) is 11.8 Å². The zero-order chi connectivity index (χ0) is 20.3. The highest BCUT2D eigenvalue weighted by molar-refractivity contribution is 5.91. The molecule has 0 bridgehead atoms. The number of nitrogens with zero attached hydrogens (tertiary/aromatic N) is 3. The monoisotopic (exact) mass is 388 g/mol. The van der Waals surface area contributed by atoms with Gasteiger partial charge in [-0.25, -0.2) is 13.8 Å². The third-order valence-corrected chi connectivity index (χ3v) is 4.78. The lowest BCUT2D eigenvalue weighted by molar-refractivity contribution is -0.132. The second-order valence-electron chi connectivity index (χ2n) is 6.92. The van der Waals surface area contributed by atoms with Crippen LogP contribution in [0.3, 0.4) is 0 Å². The third kappa shape index (κ3) is 4.89. The number of carbonyl (C=O) groups excluding carboxylic acids is 2. The molecule has 0 aliphatic carbocycles. The van der Waals surface area contributed by atoms with Gasteiger partial charge < -0.3 is 10.2 Å². The lowest BCUT2D eigenvalue weighted by atomic mass is 10.1. The highest BCUT2D eigenvalue weighted by atomic mass is 19.1. The predicted molar refractivity (Wildman–Crippen MR) is 102 cm³/mol. The molecule has 1 aliphatic rings. The van der Waals surface area contributed by atoms with E-state index in [0.29, 0.717) is 36.6 Å². The molecule has 1 aromatic heterocycles.